The summed E-state index contributed by atoms with van der Waals surface area (Å²) in [4.78, 5) is 23.3. The van der Waals surface area contributed by atoms with Crippen molar-refractivity contribution in [1.82, 2.24) is 0 Å². The van der Waals surface area contributed by atoms with Crippen LogP contribution in [-0.4, -0.2) is 34.9 Å². The molecule has 1 heterocycles. The molecule has 1 aromatic rings. The third-order valence-electron chi connectivity index (χ3n) is 3.17. The third kappa shape index (κ3) is 2.36. The average molecular weight is 276 g/mol. The van der Waals surface area contributed by atoms with Crippen LogP contribution in [0, 0.1) is 0 Å². The minimum absolute atomic E-state index is 0.00998. The highest BCUT2D eigenvalue weighted by Gasteiger charge is 2.48. The molecule has 1 N–H and O–H groups in total. The fourth-order valence-electron chi connectivity index (χ4n) is 2.07. The lowest BCUT2D eigenvalue weighted by Gasteiger charge is -2.29. The van der Waals surface area contributed by atoms with Crippen LogP contribution < -0.4 is 5.01 Å². The number of benzene rings is 1. The van der Waals surface area contributed by atoms with Crippen molar-refractivity contribution in [3.63, 3.8) is 0 Å². The predicted molar refractivity (Wildman–Crippen MR) is 73.6 cm³/mol. The molecule has 0 radical (unpaired) electrons. The quantitative estimate of drug-likeness (QED) is 0.846. The molecular weight excluding hydrogens is 260 g/mol. The van der Waals surface area contributed by atoms with Crippen molar-refractivity contribution in [1.29, 1.82) is 0 Å². The number of hydrazone groups is 1. The van der Waals surface area contributed by atoms with Crippen LogP contribution in [-0.2, 0) is 14.3 Å². The summed E-state index contributed by atoms with van der Waals surface area (Å²) in [5.74, 6) is -1.61. The van der Waals surface area contributed by atoms with Gasteiger partial charge in [0.25, 0.3) is 0 Å². The molecule has 1 unspecified atom stereocenters. The molecule has 0 saturated heterocycles. The zero-order chi connectivity index (χ0) is 14.8. The topological polar surface area (TPSA) is 79.2 Å². The second-order valence-corrected chi connectivity index (χ2v) is 4.67. The molecular formula is C14H16N2O4. The van der Waals surface area contributed by atoms with Gasteiger partial charge in [0.2, 0.25) is 0 Å². The van der Waals surface area contributed by atoms with Gasteiger partial charge in [0.1, 0.15) is 5.71 Å². The fraction of sp³-hybridized carbons (Fsp3) is 0.357. The number of esters is 1. The zero-order valence-electron chi connectivity index (χ0n) is 11.4. The highest BCUT2D eigenvalue weighted by molar-refractivity contribution is 6.38. The van der Waals surface area contributed by atoms with E-state index in [0.29, 0.717) is 5.69 Å². The van der Waals surface area contributed by atoms with E-state index in [-0.39, 0.29) is 18.7 Å². The number of hydrogen-bond donors (Lipinski definition) is 1. The number of carboxylic acid groups (broad SMARTS) is 1. The molecule has 0 aliphatic carbocycles. The first-order chi connectivity index (χ1) is 9.49. The van der Waals surface area contributed by atoms with Crippen LogP contribution in [0.2, 0.25) is 0 Å². The molecule has 0 fully saturated rings. The Balaban J connectivity index is 2.39. The summed E-state index contributed by atoms with van der Waals surface area (Å²) >= 11 is 0. The van der Waals surface area contributed by atoms with Crippen molar-refractivity contribution in [2.45, 2.75) is 25.8 Å². The average Bonchev–Trinajstić information content (AvgIpc) is 2.80. The smallest absolute Gasteiger partial charge is 0.354 e. The molecule has 1 aliphatic heterocycles. The maximum Gasteiger partial charge on any atom is 0.354 e. The van der Waals surface area contributed by atoms with E-state index < -0.39 is 17.5 Å². The van der Waals surface area contributed by atoms with E-state index in [1.165, 1.54) is 11.9 Å². The van der Waals surface area contributed by atoms with Gasteiger partial charge in [-0.25, -0.2) is 14.6 Å². The molecule has 0 amide bonds. The van der Waals surface area contributed by atoms with Gasteiger partial charge in [-0.2, -0.15) is 5.10 Å². The molecule has 2 rings (SSSR count). The number of carboxylic acids is 1. The lowest BCUT2D eigenvalue weighted by molar-refractivity contribution is -0.142. The Labute approximate surface area is 116 Å². The summed E-state index contributed by atoms with van der Waals surface area (Å²) in [6.07, 6.45) is 0.00998. The number of ether oxygens (including phenoxy) is 1. The second kappa shape index (κ2) is 5.32. The molecule has 1 atom stereocenters. The molecule has 1 aromatic carbocycles. The maximum atomic E-state index is 11.8. The number of rotatable bonds is 4. The summed E-state index contributed by atoms with van der Waals surface area (Å²) in [6, 6.07) is 8.90. The van der Waals surface area contributed by atoms with E-state index in [2.05, 4.69) is 5.10 Å². The highest BCUT2D eigenvalue weighted by atomic mass is 16.5. The molecule has 0 spiro atoms. The van der Waals surface area contributed by atoms with Crippen molar-refractivity contribution >= 4 is 23.3 Å². The van der Waals surface area contributed by atoms with Gasteiger partial charge in [0, 0.05) is 6.42 Å². The van der Waals surface area contributed by atoms with Crippen LogP contribution in [0.15, 0.2) is 35.4 Å². The minimum Gasteiger partial charge on any atom is -0.479 e. The largest absolute Gasteiger partial charge is 0.479 e. The first-order valence-electron chi connectivity index (χ1n) is 6.32. The van der Waals surface area contributed by atoms with E-state index in [1.807, 2.05) is 6.07 Å². The van der Waals surface area contributed by atoms with Crippen molar-refractivity contribution in [2.75, 3.05) is 11.6 Å². The summed E-state index contributed by atoms with van der Waals surface area (Å²) in [6.45, 7) is 3.46. The van der Waals surface area contributed by atoms with Crippen LogP contribution in [0.3, 0.4) is 0 Å². The Morgan fingerprint density at radius 1 is 1.40 bits per heavy atom. The van der Waals surface area contributed by atoms with Crippen LogP contribution in [0.4, 0.5) is 5.69 Å². The minimum atomic E-state index is -1.29. The standard InChI is InChI=1S/C14H16N2O4/c1-3-20-12(17)11-9-14(2,13(18)19)16(15-11)10-7-5-4-6-8-10/h4-8H,3,9H2,1-2H3,(H,18,19). The molecule has 6 heteroatoms. The Bertz CT molecular complexity index is 556. The van der Waals surface area contributed by atoms with Gasteiger partial charge in [-0.3, -0.25) is 0 Å². The maximum absolute atomic E-state index is 11.8. The van der Waals surface area contributed by atoms with Crippen LogP contribution >= 0.6 is 0 Å². The zero-order valence-corrected chi connectivity index (χ0v) is 11.4. The van der Waals surface area contributed by atoms with Crippen molar-refractivity contribution < 1.29 is 19.4 Å². The van der Waals surface area contributed by atoms with Crippen molar-refractivity contribution in [3.05, 3.63) is 30.3 Å². The number of aliphatic carboxylic acids is 1. The van der Waals surface area contributed by atoms with E-state index in [0.717, 1.165) is 0 Å². The summed E-state index contributed by atoms with van der Waals surface area (Å²) < 4.78 is 4.89. The fourth-order valence-corrected chi connectivity index (χ4v) is 2.07. The number of carbonyl (C=O) groups excluding carboxylic acids is 1. The Morgan fingerprint density at radius 2 is 2.05 bits per heavy atom. The van der Waals surface area contributed by atoms with Gasteiger partial charge < -0.3 is 9.84 Å². The lowest BCUT2D eigenvalue weighted by Crippen LogP contribution is -2.47. The second-order valence-electron chi connectivity index (χ2n) is 4.67. The number of carbonyl (C=O) groups is 2. The predicted octanol–water partition coefficient (Wildman–Crippen LogP) is 1.66. The molecule has 0 saturated carbocycles. The number of anilines is 1. The van der Waals surface area contributed by atoms with E-state index in [4.69, 9.17) is 4.74 Å². The van der Waals surface area contributed by atoms with Crippen molar-refractivity contribution in [3.8, 4) is 0 Å². The molecule has 0 aromatic heterocycles. The monoisotopic (exact) mass is 276 g/mol. The number of hydrogen-bond acceptors (Lipinski definition) is 5. The summed E-state index contributed by atoms with van der Waals surface area (Å²) in [5, 5.41) is 15.0. The number of nitrogens with zero attached hydrogens (tertiary/aromatic N) is 2. The Hall–Kier alpha value is -2.37. The molecule has 1 aliphatic rings. The molecule has 6 nitrogen and oxygen atoms in total. The molecule has 20 heavy (non-hydrogen) atoms. The van der Waals surface area contributed by atoms with E-state index in [9.17, 15) is 14.7 Å². The van der Waals surface area contributed by atoms with Gasteiger partial charge in [0.15, 0.2) is 5.54 Å². The van der Waals surface area contributed by atoms with Crippen LogP contribution in [0.25, 0.3) is 0 Å². The van der Waals surface area contributed by atoms with Gasteiger partial charge in [-0.1, -0.05) is 18.2 Å². The molecule has 0 bridgehead atoms. The summed E-state index contributed by atoms with van der Waals surface area (Å²) in [5.41, 5.74) is -0.541. The highest BCUT2D eigenvalue weighted by Crippen LogP contribution is 2.33. The van der Waals surface area contributed by atoms with Gasteiger partial charge in [-0.05, 0) is 26.0 Å². The normalized spacial score (nSPS) is 21.5. The van der Waals surface area contributed by atoms with Gasteiger partial charge >= 0.3 is 11.9 Å². The van der Waals surface area contributed by atoms with Crippen molar-refractivity contribution in [2.24, 2.45) is 5.10 Å². The first kappa shape index (κ1) is 14.0. The SMILES string of the molecule is CCOC(=O)C1=NN(c2ccccc2)C(C)(C(=O)O)C1. The van der Waals surface area contributed by atoms with Crippen LogP contribution in [0.1, 0.15) is 20.3 Å². The van der Waals surface area contributed by atoms with Gasteiger partial charge in [0.05, 0.1) is 12.3 Å². The number of para-hydroxylation sites is 1. The Kier molecular flexibility index (Phi) is 3.74. The first-order valence-corrected chi connectivity index (χ1v) is 6.32. The van der Waals surface area contributed by atoms with E-state index >= 15 is 0 Å². The van der Waals surface area contributed by atoms with Crippen LogP contribution in [0.5, 0.6) is 0 Å². The third-order valence-corrected chi connectivity index (χ3v) is 3.17. The van der Waals surface area contributed by atoms with E-state index in [1.54, 1.807) is 31.2 Å². The Morgan fingerprint density at radius 3 is 2.60 bits per heavy atom. The van der Waals surface area contributed by atoms with Gasteiger partial charge in [-0.15, -0.1) is 0 Å². The molecule has 106 valence electrons. The lowest BCUT2D eigenvalue weighted by atomic mass is 9.95. The summed E-state index contributed by atoms with van der Waals surface area (Å²) in [7, 11) is 0.